The molecular weight excluding hydrogens is 286 g/mol. The fourth-order valence-electron chi connectivity index (χ4n) is 2.30. The molecule has 1 unspecified atom stereocenters. The van der Waals surface area contributed by atoms with Gasteiger partial charge in [0.05, 0.1) is 26.9 Å². The summed E-state index contributed by atoms with van der Waals surface area (Å²) in [5.74, 6) is -0.876. The summed E-state index contributed by atoms with van der Waals surface area (Å²) in [6.07, 6.45) is 1.56. The summed E-state index contributed by atoms with van der Waals surface area (Å²) in [5.41, 5.74) is 1.19. The molecule has 2 rings (SSSR count). The van der Waals surface area contributed by atoms with E-state index in [-0.39, 0.29) is 5.70 Å². The number of ketones is 1. The largest absolute Gasteiger partial charge is 0.496 e. The van der Waals surface area contributed by atoms with Crippen molar-refractivity contribution in [2.45, 2.75) is 6.92 Å². The number of benzene rings is 1. The van der Waals surface area contributed by atoms with Crippen molar-refractivity contribution in [2.24, 2.45) is 10.9 Å². The van der Waals surface area contributed by atoms with Gasteiger partial charge in [-0.25, -0.2) is 0 Å². The number of esters is 1. The average molecular weight is 303 g/mol. The van der Waals surface area contributed by atoms with Gasteiger partial charge in [0.15, 0.2) is 5.92 Å². The van der Waals surface area contributed by atoms with Crippen molar-refractivity contribution >= 4 is 23.5 Å². The predicted molar refractivity (Wildman–Crippen MR) is 81.1 cm³/mol. The molecule has 1 aromatic rings. The molecule has 0 radical (unpaired) electrons. The van der Waals surface area contributed by atoms with Gasteiger partial charge in [0.2, 0.25) is 5.78 Å². The second-order valence-corrected chi connectivity index (χ2v) is 4.68. The molecule has 1 heterocycles. The number of aliphatic imine (C=N–C) groups is 1. The van der Waals surface area contributed by atoms with Crippen LogP contribution >= 0.6 is 0 Å². The van der Waals surface area contributed by atoms with Crippen molar-refractivity contribution in [1.29, 1.82) is 0 Å². The second-order valence-electron chi connectivity index (χ2n) is 4.68. The van der Waals surface area contributed by atoms with Gasteiger partial charge in [-0.05, 0) is 25.1 Å². The molecule has 1 aromatic carbocycles. The lowest BCUT2D eigenvalue weighted by Gasteiger charge is -2.10. The van der Waals surface area contributed by atoms with Crippen LogP contribution in [0.1, 0.15) is 12.5 Å². The van der Waals surface area contributed by atoms with Crippen LogP contribution in [0.15, 0.2) is 28.9 Å². The van der Waals surface area contributed by atoms with Gasteiger partial charge in [-0.2, -0.15) is 0 Å². The van der Waals surface area contributed by atoms with E-state index in [0.29, 0.717) is 22.8 Å². The third-order valence-electron chi connectivity index (χ3n) is 3.41. The van der Waals surface area contributed by atoms with Crippen molar-refractivity contribution < 1.29 is 23.8 Å². The molecule has 22 heavy (non-hydrogen) atoms. The van der Waals surface area contributed by atoms with Gasteiger partial charge < -0.3 is 14.2 Å². The molecule has 6 heteroatoms. The molecule has 0 saturated carbocycles. The van der Waals surface area contributed by atoms with Gasteiger partial charge in [-0.3, -0.25) is 14.6 Å². The highest BCUT2D eigenvalue weighted by molar-refractivity contribution is 6.28. The first kappa shape index (κ1) is 15.8. The van der Waals surface area contributed by atoms with E-state index < -0.39 is 17.7 Å². The van der Waals surface area contributed by atoms with Crippen LogP contribution in [0.3, 0.4) is 0 Å². The molecule has 1 aliphatic rings. The zero-order valence-electron chi connectivity index (χ0n) is 12.9. The first-order chi connectivity index (χ1) is 10.5. The molecule has 0 bridgehead atoms. The molecular formula is C16H17NO5. The number of nitrogens with zero attached hydrogens (tertiary/aromatic N) is 1. The number of allylic oxidation sites excluding steroid dienone is 1. The standard InChI is InChI=1S/C16H17NO5/c1-9-14(16(19)22-4)15(18)11(17-9)8-10-12(20-2)6-5-7-13(10)21-3/h5-8,14H,1-4H3/b11-8+. The zero-order valence-corrected chi connectivity index (χ0v) is 12.9. The molecule has 0 aliphatic carbocycles. The van der Waals surface area contributed by atoms with E-state index in [4.69, 9.17) is 9.47 Å². The molecule has 0 amide bonds. The van der Waals surface area contributed by atoms with Crippen molar-refractivity contribution in [3.05, 3.63) is 29.5 Å². The highest BCUT2D eigenvalue weighted by atomic mass is 16.5. The van der Waals surface area contributed by atoms with Gasteiger partial charge in [0.1, 0.15) is 17.2 Å². The highest BCUT2D eigenvalue weighted by Gasteiger charge is 2.38. The Labute approximate surface area is 128 Å². The Morgan fingerprint density at radius 3 is 2.27 bits per heavy atom. The summed E-state index contributed by atoms with van der Waals surface area (Å²) in [4.78, 5) is 28.2. The number of ether oxygens (including phenoxy) is 3. The lowest BCUT2D eigenvalue weighted by atomic mass is 10.00. The predicted octanol–water partition coefficient (Wildman–Crippen LogP) is 1.88. The Balaban J connectivity index is 2.48. The fourth-order valence-corrected chi connectivity index (χ4v) is 2.30. The third kappa shape index (κ3) is 2.72. The second kappa shape index (κ2) is 6.43. The maximum atomic E-state index is 12.4. The number of carbonyl (C=O) groups excluding carboxylic acids is 2. The summed E-state index contributed by atoms with van der Waals surface area (Å²) in [5, 5.41) is 0. The summed E-state index contributed by atoms with van der Waals surface area (Å²) in [6.45, 7) is 1.62. The minimum atomic E-state index is -0.975. The van der Waals surface area contributed by atoms with E-state index in [0.717, 1.165) is 0 Å². The molecule has 0 spiro atoms. The van der Waals surface area contributed by atoms with E-state index in [2.05, 4.69) is 9.73 Å². The maximum absolute atomic E-state index is 12.4. The highest BCUT2D eigenvalue weighted by Crippen LogP contribution is 2.32. The number of methoxy groups -OCH3 is 3. The number of Topliss-reactive ketones (excluding diaryl/α,β-unsaturated/α-hetero) is 1. The van der Waals surface area contributed by atoms with Crippen LogP contribution in [0.4, 0.5) is 0 Å². The molecule has 116 valence electrons. The van der Waals surface area contributed by atoms with Gasteiger partial charge in [-0.1, -0.05) is 6.07 Å². The molecule has 0 fully saturated rings. The van der Waals surface area contributed by atoms with Crippen LogP contribution in [0, 0.1) is 5.92 Å². The van der Waals surface area contributed by atoms with E-state index in [1.165, 1.54) is 21.3 Å². The number of carbonyl (C=O) groups is 2. The lowest BCUT2D eigenvalue weighted by Crippen LogP contribution is -2.27. The summed E-state index contributed by atoms with van der Waals surface area (Å²) >= 11 is 0. The molecule has 0 aromatic heterocycles. The summed E-state index contributed by atoms with van der Waals surface area (Å²) < 4.78 is 15.2. The molecule has 6 nitrogen and oxygen atoms in total. The smallest absolute Gasteiger partial charge is 0.322 e. The monoisotopic (exact) mass is 303 g/mol. The Kier molecular flexibility index (Phi) is 4.60. The van der Waals surface area contributed by atoms with Crippen LogP contribution in [0.25, 0.3) is 6.08 Å². The normalized spacial score (nSPS) is 19.1. The summed E-state index contributed by atoms with van der Waals surface area (Å²) in [6, 6.07) is 5.29. The lowest BCUT2D eigenvalue weighted by molar-refractivity contribution is -0.145. The Morgan fingerprint density at radius 1 is 1.18 bits per heavy atom. The van der Waals surface area contributed by atoms with E-state index in [1.54, 1.807) is 31.2 Å². The first-order valence-electron chi connectivity index (χ1n) is 6.63. The third-order valence-corrected chi connectivity index (χ3v) is 3.41. The first-order valence-corrected chi connectivity index (χ1v) is 6.63. The van der Waals surface area contributed by atoms with Crippen LogP contribution in [0.5, 0.6) is 11.5 Å². The van der Waals surface area contributed by atoms with Crippen LogP contribution in [-0.4, -0.2) is 38.8 Å². The van der Waals surface area contributed by atoms with Crippen LogP contribution in [0.2, 0.25) is 0 Å². The minimum Gasteiger partial charge on any atom is -0.496 e. The van der Waals surface area contributed by atoms with Crippen molar-refractivity contribution in [3.63, 3.8) is 0 Å². The zero-order chi connectivity index (χ0) is 16.3. The van der Waals surface area contributed by atoms with Gasteiger partial charge in [0, 0.05) is 5.71 Å². The van der Waals surface area contributed by atoms with Crippen molar-refractivity contribution in [3.8, 4) is 11.5 Å². The molecule has 0 N–H and O–H groups in total. The van der Waals surface area contributed by atoms with E-state index in [9.17, 15) is 9.59 Å². The maximum Gasteiger partial charge on any atom is 0.322 e. The molecule has 1 atom stereocenters. The van der Waals surface area contributed by atoms with Crippen molar-refractivity contribution in [1.82, 2.24) is 0 Å². The number of hydrogen-bond donors (Lipinski definition) is 0. The fraction of sp³-hybridized carbons (Fsp3) is 0.312. The average Bonchev–Trinajstić information content (AvgIpc) is 2.81. The number of hydrogen-bond acceptors (Lipinski definition) is 6. The van der Waals surface area contributed by atoms with Gasteiger partial charge in [0.25, 0.3) is 0 Å². The van der Waals surface area contributed by atoms with Crippen LogP contribution < -0.4 is 9.47 Å². The van der Waals surface area contributed by atoms with Gasteiger partial charge >= 0.3 is 5.97 Å². The Hall–Kier alpha value is -2.63. The minimum absolute atomic E-state index is 0.177. The molecule has 0 saturated heterocycles. The van der Waals surface area contributed by atoms with E-state index >= 15 is 0 Å². The topological polar surface area (TPSA) is 74.2 Å². The SMILES string of the molecule is COC(=O)C1C(=O)/C(=C\c2c(OC)cccc2OC)N=C1C. The van der Waals surface area contributed by atoms with Crippen LogP contribution in [-0.2, 0) is 14.3 Å². The van der Waals surface area contributed by atoms with Crippen molar-refractivity contribution in [2.75, 3.05) is 21.3 Å². The Morgan fingerprint density at radius 2 is 1.77 bits per heavy atom. The van der Waals surface area contributed by atoms with E-state index in [1.807, 2.05) is 0 Å². The number of rotatable bonds is 4. The van der Waals surface area contributed by atoms with Gasteiger partial charge in [-0.15, -0.1) is 0 Å². The Bertz CT molecular complexity index is 653. The quantitative estimate of drug-likeness (QED) is 0.482. The summed E-state index contributed by atoms with van der Waals surface area (Å²) in [7, 11) is 4.30. The molecule has 1 aliphatic heterocycles.